The summed E-state index contributed by atoms with van der Waals surface area (Å²) in [4.78, 5) is 11.1. The predicted octanol–water partition coefficient (Wildman–Crippen LogP) is 4.20. The van der Waals surface area contributed by atoms with E-state index in [1.807, 2.05) is 30.7 Å². The number of aromatic nitrogens is 2. The number of hydrogen-bond donors (Lipinski definition) is 1. The molecule has 3 rings (SSSR count). The summed E-state index contributed by atoms with van der Waals surface area (Å²) in [5.41, 5.74) is 3.16. The summed E-state index contributed by atoms with van der Waals surface area (Å²) in [5, 5.41) is 14.1. The average Bonchev–Trinajstić information content (AvgIpc) is 3.29. The Bertz CT molecular complexity index is 743. The number of nitrogens with zero attached hydrogens (tertiary/aromatic N) is 2. The molecular weight excluding hydrogens is 328 g/mol. The quantitative estimate of drug-likeness (QED) is 0.762. The Morgan fingerprint density at radius 2 is 2.00 bits per heavy atom. The van der Waals surface area contributed by atoms with Crippen LogP contribution in [-0.2, 0) is 6.54 Å². The maximum Gasteiger partial charge on any atom is 0.356 e. The Hall–Kier alpha value is -2.01. The zero-order chi connectivity index (χ0) is 17.3. The first-order valence-corrected chi connectivity index (χ1v) is 8.54. The second kappa shape index (κ2) is 6.85. The molecule has 0 atom stereocenters. The molecule has 0 unspecified atom stereocenters. The van der Waals surface area contributed by atoms with E-state index in [1.165, 1.54) is 0 Å². The van der Waals surface area contributed by atoms with Crippen LogP contribution in [0.2, 0.25) is 5.02 Å². The first-order valence-electron chi connectivity index (χ1n) is 8.16. The molecule has 0 aliphatic heterocycles. The summed E-state index contributed by atoms with van der Waals surface area (Å²) in [5.74, 6) is 0.301. The van der Waals surface area contributed by atoms with E-state index in [9.17, 15) is 4.79 Å². The minimum Gasteiger partial charge on any atom is -0.494 e. The zero-order valence-corrected chi connectivity index (χ0v) is 14.6. The van der Waals surface area contributed by atoms with Crippen LogP contribution in [-0.4, -0.2) is 27.5 Å². The van der Waals surface area contributed by atoms with Crippen molar-refractivity contribution in [2.45, 2.75) is 45.6 Å². The highest BCUT2D eigenvalue weighted by Gasteiger charge is 2.29. The molecule has 0 saturated heterocycles. The van der Waals surface area contributed by atoms with Crippen LogP contribution >= 0.6 is 11.6 Å². The number of aryl methyl sites for hydroxylation is 3. The Balaban J connectivity index is 1.58. The van der Waals surface area contributed by atoms with E-state index in [0.717, 1.165) is 46.9 Å². The number of carboxylic acid groups (broad SMARTS) is 1. The standard InChI is InChI=1S/C18H21ClN2O3/c1-11-8-14(9-12(2)17(11)19)24-7-3-6-21-16(13-4-5-13)10-15(20-21)18(22)23/h8-10,13H,3-7H2,1-2H3,(H,22,23). The van der Waals surface area contributed by atoms with Crippen molar-refractivity contribution in [1.29, 1.82) is 0 Å². The van der Waals surface area contributed by atoms with Crippen molar-refractivity contribution < 1.29 is 14.6 Å². The number of carboxylic acids is 1. The van der Waals surface area contributed by atoms with Crippen molar-refractivity contribution in [2.75, 3.05) is 6.61 Å². The lowest BCUT2D eigenvalue weighted by atomic mass is 10.1. The van der Waals surface area contributed by atoms with Gasteiger partial charge in [0.05, 0.1) is 6.61 Å². The van der Waals surface area contributed by atoms with Gasteiger partial charge in [-0.1, -0.05) is 11.6 Å². The predicted molar refractivity (Wildman–Crippen MR) is 92.2 cm³/mol. The zero-order valence-electron chi connectivity index (χ0n) is 13.9. The maximum absolute atomic E-state index is 11.1. The number of halogens is 1. The molecule has 1 aliphatic carbocycles. The van der Waals surface area contributed by atoms with Gasteiger partial charge in [-0.2, -0.15) is 5.10 Å². The molecule has 1 fully saturated rings. The van der Waals surface area contributed by atoms with E-state index >= 15 is 0 Å². The molecule has 128 valence electrons. The minimum atomic E-state index is -0.973. The van der Waals surface area contributed by atoms with Crippen molar-refractivity contribution in [3.8, 4) is 5.75 Å². The van der Waals surface area contributed by atoms with Crippen LogP contribution in [0.5, 0.6) is 5.75 Å². The number of carbonyl (C=O) groups is 1. The molecule has 1 aromatic heterocycles. The largest absolute Gasteiger partial charge is 0.494 e. The second-order valence-electron chi connectivity index (χ2n) is 6.33. The lowest BCUT2D eigenvalue weighted by Gasteiger charge is -2.11. The molecule has 1 aromatic carbocycles. The van der Waals surface area contributed by atoms with Crippen LogP contribution in [0.3, 0.4) is 0 Å². The van der Waals surface area contributed by atoms with Gasteiger partial charge in [0.25, 0.3) is 0 Å². The van der Waals surface area contributed by atoms with E-state index in [2.05, 4.69) is 5.10 Å². The number of benzene rings is 1. The Morgan fingerprint density at radius 1 is 1.33 bits per heavy atom. The molecule has 0 bridgehead atoms. The van der Waals surface area contributed by atoms with Crippen molar-refractivity contribution in [3.05, 3.63) is 45.7 Å². The summed E-state index contributed by atoms with van der Waals surface area (Å²) in [6.45, 7) is 5.13. The molecule has 1 aliphatic rings. The van der Waals surface area contributed by atoms with Crippen LogP contribution in [0.25, 0.3) is 0 Å². The number of aromatic carboxylic acids is 1. The molecule has 0 amide bonds. The van der Waals surface area contributed by atoms with E-state index in [1.54, 1.807) is 6.07 Å². The van der Waals surface area contributed by atoms with Crippen LogP contribution in [0.15, 0.2) is 18.2 Å². The van der Waals surface area contributed by atoms with Gasteiger partial charge in [-0.15, -0.1) is 0 Å². The first-order chi connectivity index (χ1) is 11.5. The molecule has 1 N–H and O–H groups in total. The van der Waals surface area contributed by atoms with Gasteiger partial charge in [-0.05, 0) is 56.0 Å². The highest BCUT2D eigenvalue weighted by molar-refractivity contribution is 6.32. The maximum atomic E-state index is 11.1. The van der Waals surface area contributed by atoms with Crippen LogP contribution < -0.4 is 4.74 Å². The van der Waals surface area contributed by atoms with Crippen LogP contribution in [0, 0.1) is 13.8 Å². The summed E-state index contributed by atoms with van der Waals surface area (Å²) >= 11 is 6.16. The van der Waals surface area contributed by atoms with Crippen LogP contribution in [0.4, 0.5) is 0 Å². The van der Waals surface area contributed by atoms with E-state index in [0.29, 0.717) is 19.1 Å². The van der Waals surface area contributed by atoms with Crippen molar-refractivity contribution in [3.63, 3.8) is 0 Å². The van der Waals surface area contributed by atoms with Crippen molar-refractivity contribution >= 4 is 17.6 Å². The third kappa shape index (κ3) is 3.73. The van der Waals surface area contributed by atoms with E-state index in [-0.39, 0.29) is 5.69 Å². The van der Waals surface area contributed by atoms with Gasteiger partial charge < -0.3 is 9.84 Å². The number of ether oxygens (including phenoxy) is 1. The third-order valence-corrected chi connectivity index (χ3v) is 4.81. The molecule has 2 aromatic rings. The molecule has 6 heteroatoms. The lowest BCUT2D eigenvalue weighted by molar-refractivity contribution is 0.0689. The summed E-state index contributed by atoms with van der Waals surface area (Å²) < 4.78 is 7.62. The second-order valence-corrected chi connectivity index (χ2v) is 6.71. The Kier molecular flexibility index (Phi) is 4.81. The lowest BCUT2D eigenvalue weighted by Crippen LogP contribution is -2.09. The molecule has 24 heavy (non-hydrogen) atoms. The molecule has 5 nitrogen and oxygen atoms in total. The van der Waals surface area contributed by atoms with Gasteiger partial charge in [0.15, 0.2) is 5.69 Å². The monoisotopic (exact) mass is 348 g/mol. The summed E-state index contributed by atoms with van der Waals surface area (Å²) in [6.07, 6.45) is 3.00. The van der Waals surface area contributed by atoms with Gasteiger partial charge in [0.2, 0.25) is 0 Å². The van der Waals surface area contributed by atoms with E-state index in [4.69, 9.17) is 21.4 Å². The van der Waals surface area contributed by atoms with Crippen molar-refractivity contribution in [1.82, 2.24) is 9.78 Å². The molecular formula is C18H21ClN2O3. The van der Waals surface area contributed by atoms with Gasteiger partial charge in [0, 0.05) is 29.6 Å². The highest BCUT2D eigenvalue weighted by atomic mass is 35.5. The fraction of sp³-hybridized carbons (Fsp3) is 0.444. The fourth-order valence-electron chi connectivity index (χ4n) is 2.82. The first kappa shape index (κ1) is 16.8. The fourth-order valence-corrected chi connectivity index (χ4v) is 2.93. The molecule has 0 radical (unpaired) electrons. The third-order valence-electron chi connectivity index (χ3n) is 4.22. The normalized spacial score (nSPS) is 14.0. The topological polar surface area (TPSA) is 64.4 Å². The number of rotatable bonds is 7. The summed E-state index contributed by atoms with van der Waals surface area (Å²) in [7, 11) is 0. The van der Waals surface area contributed by atoms with Gasteiger partial charge >= 0.3 is 5.97 Å². The molecule has 1 saturated carbocycles. The Morgan fingerprint density at radius 3 is 2.58 bits per heavy atom. The average molecular weight is 349 g/mol. The van der Waals surface area contributed by atoms with Gasteiger partial charge in [0.1, 0.15) is 5.75 Å². The van der Waals surface area contributed by atoms with Gasteiger partial charge in [-0.3, -0.25) is 4.68 Å². The summed E-state index contributed by atoms with van der Waals surface area (Å²) in [6, 6.07) is 5.57. The highest BCUT2D eigenvalue weighted by Crippen LogP contribution is 2.40. The molecule has 0 spiro atoms. The van der Waals surface area contributed by atoms with Gasteiger partial charge in [-0.25, -0.2) is 4.79 Å². The number of hydrogen-bond acceptors (Lipinski definition) is 3. The smallest absolute Gasteiger partial charge is 0.356 e. The van der Waals surface area contributed by atoms with E-state index < -0.39 is 5.97 Å². The SMILES string of the molecule is Cc1cc(OCCCn2nc(C(=O)O)cc2C2CC2)cc(C)c1Cl. The van der Waals surface area contributed by atoms with Crippen LogP contribution in [0.1, 0.15) is 52.5 Å². The minimum absolute atomic E-state index is 0.127. The Labute approximate surface area is 146 Å². The van der Waals surface area contributed by atoms with Crippen molar-refractivity contribution in [2.24, 2.45) is 0 Å². The molecule has 1 heterocycles.